The SMILES string of the molecule is CN(c1cccc(CNc2nc(Nc3ccc(OCCCOCCC(=O)NCCOc4cccc5c4C(=O)N(C4CCC(=O)NC4=O)C5=O)cc3)ncc2C(F)(F)F)c1)S(C)(=O)=O. The zero-order valence-corrected chi connectivity index (χ0v) is 34.8. The summed E-state index contributed by atoms with van der Waals surface area (Å²) in [4.78, 5) is 71.1. The minimum absolute atomic E-state index is 0.000550. The Bertz CT molecular complexity index is 2470. The minimum Gasteiger partial charge on any atom is -0.494 e. The van der Waals surface area contributed by atoms with Gasteiger partial charge in [0, 0.05) is 51.3 Å². The van der Waals surface area contributed by atoms with E-state index in [0.29, 0.717) is 48.5 Å². The lowest BCUT2D eigenvalue weighted by molar-refractivity contribution is -0.138. The van der Waals surface area contributed by atoms with E-state index < -0.39 is 57.3 Å². The molecular weight excluding hydrogens is 854 g/mol. The fourth-order valence-electron chi connectivity index (χ4n) is 6.45. The van der Waals surface area contributed by atoms with Gasteiger partial charge in [-0.25, -0.2) is 13.4 Å². The predicted molar refractivity (Wildman–Crippen MR) is 221 cm³/mol. The van der Waals surface area contributed by atoms with Crippen LogP contribution in [0.1, 0.15) is 57.5 Å². The highest BCUT2D eigenvalue weighted by Gasteiger charge is 2.46. The summed E-state index contributed by atoms with van der Waals surface area (Å²) < 4.78 is 83.4. The van der Waals surface area contributed by atoms with E-state index in [1.54, 1.807) is 54.6 Å². The van der Waals surface area contributed by atoms with Gasteiger partial charge in [0.1, 0.15) is 35.5 Å². The van der Waals surface area contributed by atoms with Crippen molar-refractivity contribution in [2.45, 2.75) is 44.4 Å². The molecule has 3 aromatic carbocycles. The highest BCUT2D eigenvalue weighted by atomic mass is 32.2. The van der Waals surface area contributed by atoms with Crippen molar-refractivity contribution in [2.75, 3.05) is 61.2 Å². The van der Waals surface area contributed by atoms with Crippen molar-refractivity contribution in [3.63, 3.8) is 0 Å². The number of anilines is 4. The molecule has 22 heteroatoms. The second-order valence-electron chi connectivity index (χ2n) is 14.2. The fourth-order valence-corrected chi connectivity index (χ4v) is 6.95. The third-order valence-corrected chi connectivity index (χ3v) is 10.9. The molecule has 0 radical (unpaired) electrons. The van der Waals surface area contributed by atoms with Gasteiger partial charge in [-0.3, -0.25) is 38.5 Å². The Labute approximate surface area is 359 Å². The van der Waals surface area contributed by atoms with Crippen molar-refractivity contribution < 1.29 is 59.8 Å². The lowest BCUT2D eigenvalue weighted by Crippen LogP contribution is -2.54. The lowest BCUT2D eigenvalue weighted by atomic mass is 10.0. The number of rotatable bonds is 20. The molecule has 4 aromatic rings. The summed E-state index contributed by atoms with van der Waals surface area (Å²) in [5.41, 5.74) is 0.367. The number of ether oxygens (including phenoxy) is 3. The summed E-state index contributed by atoms with van der Waals surface area (Å²) in [5.74, 6) is -2.75. The monoisotopic (exact) mass is 896 g/mol. The molecule has 18 nitrogen and oxygen atoms in total. The van der Waals surface area contributed by atoms with Crippen LogP contribution in [-0.4, -0.2) is 105 Å². The van der Waals surface area contributed by atoms with E-state index in [1.165, 1.54) is 19.2 Å². The van der Waals surface area contributed by atoms with E-state index in [2.05, 4.69) is 31.2 Å². The number of nitrogens with zero attached hydrogens (tertiary/aromatic N) is 4. The summed E-state index contributed by atoms with van der Waals surface area (Å²) in [6.07, 6.45) is -2.43. The van der Waals surface area contributed by atoms with Gasteiger partial charge in [0.05, 0.1) is 42.8 Å². The van der Waals surface area contributed by atoms with Gasteiger partial charge in [-0.1, -0.05) is 18.2 Å². The molecule has 63 heavy (non-hydrogen) atoms. The van der Waals surface area contributed by atoms with Gasteiger partial charge in [-0.15, -0.1) is 0 Å². The van der Waals surface area contributed by atoms with Crippen LogP contribution < -0.4 is 35.0 Å². The van der Waals surface area contributed by atoms with Gasteiger partial charge in [-0.2, -0.15) is 18.2 Å². The number of imide groups is 2. The van der Waals surface area contributed by atoms with Gasteiger partial charge in [-0.05, 0) is 60.5 Å². The Morgan fingerprint density at radius 2 is 1.73 bits per heavy atom. The zero-order valence-electron chi connectivity index (χ0n) is 34.0. The molecule has 2 aliphatic heterocycles. The first kappa shape index (κ1) is 45.7. The molecule has 2 aliphatic rings. The molecule has 4 N–H and O–H groups in total. The Morgan fingerprint density at radius 1 is 0.968 bits per heavy atom. The number of aromatic nitrogens is 2. The first-order valence-corrected chi connectivity index (χ1v) is 21.4. The molecule has 1 fully saturated rings. The summed E-state index contributed by atoms with van der Waals surface area (Å²) in [6.45, 7) is 0.759. The minimum atomic E-state index is -4.75. The third-order valence-electron chi connectivity index (χ3n) is 9.72. The van der Waals surface area contributed by atoms with Crippen LogP contribution in [0.3, 0.4) is 0 Å². The van der Waals surface area contributed by atoms with Gasteiger partial charge in [0.25, 0.3) is 11.8 Å². The summed E-state index contributed by atoms with van der Waals surface area (Å²) in [7, 11) is -2.17. The molecule has 1 atom stereocenters. The number of carbonyl (C=O) groups excluding carboxylic acids is 5. The number of carbonyl (C=O) groups is 5. The van der Waals surface area contributed by atoms with Crippen LogP contribution in [0.15, 0.2) is 72.9 Å². The van der Waals surface area contributed by atoms with Gasteiger partial charge in [0.15, 0.2) is 0 Å². The molecule has 0 spiro atoms. The summed E-state index contributed by atoms with van der Waals surface area (Å²) in [6, 6.07) is 16.3. The van der Waals surface area contributed by atoms with Crippen LogP contribution in [0.25, 0.3) is 0 Å². The van der Waals surface area contributed by atoms with E-state index in [9.17, 15) is 45.6 Å². The Kier molecular flexibility index (Phi) is 14.5. The number of fused-ring (bicyclic) bond motifs is 1. The second kappa shape index (κ2) is 19.9. The number of halogens is 3. The van der Waals surface area contributed by atoms with E-state index >= 15 is 0 Å². The topological polar surface area (TPSA) is 228 Å². The number of benzene rings is 3. The van der Waals surface area contributed by atoms with E-state index in [0.717, 1.165) is 15.5 Å². The van der Waals surface area contributed by atoms with Crippen LogP contribution in [0.2, 0.25) is 0 Å². The average Bonchev–Trinajstić information content (AvgIpc) is 3.49. The smallest absolute Gasteiger partial charge is 0.421 e. The molecule has 3 heterocycles. The quantitative estimate of drug-likeness (QED) is 0.0727. The van der Waals surface area contributed by atoms with Crippen molar-refractivity contribution >= 4 is 62.7 Å². The Morgan fingerprint density at radius 3 is 2.46 bits per heavy atom. The molecular formula is C41H43F3N8O10S. The lowest BCUT2D eigenvalue weighted by Gasteiger charge is -2.27. The average molecular weight is 897 g/mol. The molecule has 1 unspecified atom stereocenters. The number of nitrogens with one attached hydrogen (secondary N) is 4. The van der Waals surface area contributed by atoms with Crippen LogP contribution in [-0.2, 0) is 41.9 Å². The summed E-state index contributed by atoms with van der Waals surface area (Å²) in [5, 5.41) is 10.4. The molecule has 0 bridgehead atoms. The van der Waals surface area contributed by atoms with Gasteiger partial charge in [0.2, 0.25) is 33.7 Å². The molecule has 6 rings (SSSR count). The van der Waals surface area contributed by atoms with E-state index in [-0.39, 0.29) is 74.3 Å². The number of alkyl halides is 3. The van der Waals surface area contributed by atoms with E-state index in [1.807, 2.05) is 0 Å². The number of hydrogen-bond donors (Lipinski definition) is 4. The Hall–Kier alpha value is -6.81. The van der Waals surface area contributed by atoms with Crippen molar-refractivity contribution in [3.05, 3.63) is 95.2 Å². The molecule has 0 aliphatic carbocycles. The predicted octanol–water partition coefficient (Wildman–Crippen LogP) is 4.02. The van der Waals surface area contributed by atoms with E-state index in [4.69, 9.17) is 14.2 Å². The maximum Gasteiger partial charge on any atom is 0.421 e. The highest BCUT2D eigenvalue weighted by molar-refractivity contribution is 7.92. The third kappa shape index (κ3) is 11.8. The molecule has 334 valence electrons. The van der Waals surface area contributed by atoms with Crippen molar-refractivity contribution in [3.8, 4) is 11.5 Å². The first-order valence-electron chi connectivity index (χ1n) is 19.5. The van der Waals surface area contributed by atoms with Gasteiger partial charge < -0.3 is 30.2 Å². The van der Waals surface area contributed by atoms with Crippen LogP contribution in [0, 0.1) is 0 Å². The normalized spacial score (nSPS) is 15.1. The first-order chi connectivity index (χ1) is 30.0. The van der Waals surface area contributed by atoms with Crippen LogP contribution in [0.4, 0.5) is 36.3 Å². The largest absolute Gasteiger partial charge is 0.494 e. The maximum atomic E-state index is 13.8. The highest BCUT2D eigenvalue weighted by Crippen LogP contribution is 2.35. The number of amides is 5. The molecule has 5 amide bonds. The van der Waals surface area contributed by atoms with Crippen LogP contribution >= 0.6 is 0 Å². The summed E-state index contributed by atoms with van der Waals surface area (Å²) >= 11 is 0. The molecule has 1 saturated heterocycles. The number of hydrogen-bond acceptors (Lipinski definition) is 14. The maximum absolute atomic E-state index is 13.8. The van der Waals surface area contributed by atoms with Gasteiger partial charge >= 0.3 is 6.18 Å². The Balaban J connectivity index is 0.875. The second-order valence-corrected chi connectivity index (χ2v) is 16.3. The zero-order chi connectivity index (χ0) is 45.3. The molecule has 0 saturated carbocycles. The van der Waals surface area contributed by atoms with Crippen molar-refractivity contribution in [1.82, 2.24) is 25.5 Å². The molecule has 1 aromatic heterocycles. The number of sulfonamides is 1. The standard InChI is InChI=1S/C41H43F3N8O10S/c1-51(63(2,58)59)27-7-3-6-25(22-27)23-46-36-30(41(42,43)44)24-47-40(50-36)48-26-10-12-28(13-11-26)61-19-5-18-60-20-16-33(53)45-17-21-62-32-9-4-8-29-35(32)39(57)52(38(29)56)31-14-15-34(54)49-37(31)55/h3-4,6-13,22,24,31H,5,14-21,23H2,1-2H3,(H,45,53)(H,49,54,55)(H2,46,47,48,50). The van der Waals surface area contributed by atoms with Crippen molar-refractivity contribution in [1.29, 1.82) is 0 Å². The van der Waals surface area contributed by atoms with Crippen LogP contribution in [0.5, 0.6) is 11.5 Å². The van der Waals surface area contributed by atoms with Crippen molar-refractivity contribution in [2.24, 2.45) is 0 Å². The number of piperidine rings is 1. The fraction of sp³-hybridized carbons (Fsp3) is 0.341.